The highest BCUT2D eigenvalue weighted by molar-refractivity contribution is 6.00. The van der Waals surface area contributed by atoms with Crippen LogP contribution in [0.25, 0.3) is 0 Å². The summed E-state index contributed by atoms with van der Waals surface area (Å²) in [5, 5.41) is 2.99. The van der Waals surface area contributed by atoms with E-state index >= 15 is 0 Å². The minimum atomic E-state index is -0.474. The van der Waals surface area contributed by atoms with Gasteiger partial charge in [0.15, 0.2) is 0 Å². The van der Waals surface area contributed by atoms with Crippen LogP contribution in [0, 0.1) is 11.8 Å². The maximum absolute atomic E-state index is 12.2. The lowest BCUT2D eigenvalue weighted by molar-refractivity contribution is -0.117. The van der Waals surface area contributed by atoms with Crippen molar-refractivity contribution in [2.75, 3.05) is 23.3 Å². The van der Waals surface area contributed by atoms with Crippen LogP contribution in [-0.4, -0.2) is 24.9 Å². The lowest BCUT2D eigenvalue weighted by Crippen LogP contribution is -2.23. The van der Waals surface area contributed by atoms with Gasteiger partial charge >= 0.3 is 0 Å². The normalized spacial score (nSPS) is 24.0. The third-order valence-electron chi connectivity index (χ3n) is 4.43. The number of nitrogens with two attached hydrogens (primary N) is 1. The molecule has 3 N–H and O–H groups in total. The topological polar surface area (TPSA) is 75.4 Å². The Labute approximate surface area is 124 Å². The van der Waals surface area contributed by atoms with Gasteiger partial charge in [0.1, 0.15) is 0 Å². The number of rotatable bonds is 4. The van der Waals surface area contributed by atoms with Gasteiger partial charge in [0, 0.05) is 24.6 Å². The quantitative estimate of drug-likeness (QED) is 0.889. The molecule has 0 bridgehead atoms. The van der Waals surface area contributed by atoms with Crippen LogP contribution >= 0.6 is 0 Å². The van der Waals surface area contributed by atoms with Gasteiger partial charge < -0.3 is 16.0 Å². The van der Waals surface area contributed by atoms with Gasteiger partial charge in [-0.15, -0.1) is 0 Å². The predicted molar refractivity (Wildman–Crippen MR) is 82.3 cm³/mol. The first-order valence-electron chi connectivity index (χ1n) is 7.56. The fourth-order valence-electron chi connectivity index (χ4n) is 2.94. The molecule has 1 aromatic rings. The molecule has 2 atom stereocenters. The standard InChI is InChI=1S/C16H21N3O2/c1-10-8-12(10)16(21)18-13-9-11(15(17)20)4-5-14(13)19-6-2-3-7-19/h4-5,9-10,12H,2-3,6-8H2,1H3,(H2,17,20)(H,18,21)/t10-,12+/m0/s1. The molecule has 5 heteroatoms. The molecule has 21 heavy (non-hydrogen) atoms. The molecule has 5 nitrogen and oxygen atoms in total. The summed E-state index contributed by atoms with van der Waals surface area (Å²) in [6.07, 6.45) is 3.26. The number of nitrogens with zero attached hydrogens (tertiary/aromatic N) is 1. The van der Waals surface area contributed by atoms with Crippen LogP contribution in [0.15, 0.2) is 18.2 Å². The van der Waals surface area contributed by atoms with Gasteiger partial charge in [-0.05, 0) is 43.4 Å². The van der Waals surface area contributed by atoms with E-state index in [0.717, 1.165) is 38.0 Å². The average Bonchev–Trinajstić information content (AvgIpc) is 2.97. The smallest absolute Gasteiger partial charge is 0.248 e. The Hall–Kier alpha value is -2.04. The number of nitrogens with one attached hydrogen (secondary N) is 1. The van der Waals surface area contributed by atoms with E-state index in [4.69, 9.17) is 5.73 Å². The van der Waals surface area contributed by atoms with E-state index in [0.29, 0.717) is 17.2 Å². The van der Waals surface area contributed by atoms with Crippen LogP contribution in [0.5, 0.6) is 0 Å². The van der Waals surface area contributed by atoms with Gasteiger partial charge in [0.2, 0.25) is 11.8 Å². The first-order valence-corrected chi connectivity index (χ1v) is 7.56. The zero-order valence-electron chi connectivity index (χ0n) is 12.3. The van der Waals surface area contributed by atoms with E-state index in [1.807, 2.05) is 6.07 Å². The Balaban J connectivity index is 1.87. The highest BCUT2D eigenvalue weighted by atomic mass is 16.2. The molecule has 1 aliphatic heterocycles. The number of hydrogen-bond acceptors (Lipinski definition) is 3. The van der Waals surface area contributed by atoms with E-state index in [2.05, 4.69) is 17.1 Å². The van der Waals surface area contributed by atoms with Crippen LogP contribution in [-0.2, 0) is 4.79 Å². The number of anilines is 2. The number of primary amides is 1. The molecule has 3 rings (SSSR count). The van der Waals surface area contributed by atoms with Gasteiger partial charge in [-0.1, -0.05) is 6.92 Å². The number of amides is 2. The zero-order chi connectivity index (χ0) is 15.0. The largest absolute Gasteiger partial charge is 0.370 e. The van der Waals surface area contributed by atoms with Crippen molar-refractivity contribution >= 4 is 23.2 Å². The van der Waals surface area contributed by atoms with Crippen molar-refractivity contribution < 1.29 is 9.59 Å². The molecular formula is C16H21N3O2. The summed E-state index contributed by atoms with van der Waals surface area (Å²) in [4.78, 5) is 25.8. The van der Waals surface area contributed by atoms with E-state index < -0.39 is 5.91 Å². The minimum Gasteiger partial charge on any atom is -0.370 e. The fraction of sp³-hybridized carbons (Fsp3) is 0.500. The number of carbonyl (C=O) groups excluding carboxylic acids is 2. The van der Waals surface area contributed by atoms with Crippen molar-refractivity contribution in [3.8, 4) is 0 Å². The maximum Gasteiger partial charge on any atom is 0.248 e. The van der Waals surface area contributed by atoms with E-state index in [9.17, 15) is 9.59 Å². The minimum absolute atomic E-state index is 0.0459. The molecule has 0 aromatic heterocycles. The highest BCUT2D eigenvalue weighted by Crippen LogP contribution is 2.39. The molecule has 1 aliphatic carbocycles. The molecule has 2 aliphatic rings. The molecule has 1 heterocycles. The second kappa shape index (κ2) is 5.39. The Morgan fingerprint density at radius 2 is 1.95 bits per heavy atom. The summed E-state index contributed by atoms with van der Waals surface area (Å²) >= 11 is 0. The van der Waals surface area contributed by atoms with Crippen molar-refractivity contribution in [2.45, 2.75) is 26.2 Å². The molecular weight excluding hydrogens is 266 g/mol. The molecule has 1 saturated heterocycles. The van der Waals surface area contributed by atoms with Gasteiger partial charge in [0.25, 0.3) is 0 Å². The third kappa shape index (κ3) is 2.86. The Bertz CT molecular complexity index is 579. The molecule has 2 fully saturated rings. The summed E-state index contributed by atoms with van der Waals surface area (Å²) in [5.41, 5.74) is 7.46. The lowest BCUT2D eigenvalue weighted by Gasteiger charge is -2.22. The van der Waals surface area contributed by atoms with Crippen molar-refractivity contribution in [1.82, 2.24) is 0 Å². The summed E-state index contributed by atoms with van der Waals surface area (Å²) in [5.74, 6) is 0.135. The van der Waals surface area contributed by atoms with Gasteiger partial charge in [-0.25, -0.2) is 0 Å². The SMILES string of the molecule is C[C@H]1C[C@H]1C(=O)Nc1cc(C(N)=O)ccc1N1CCCC1. The van der Waals surface area contributed by atoms with Crippen LogP contribution in [0.2, 0.25) is 0 Å². The molecule has 0 radical (unpaired) electrons. The first-order chi connectivity index (χ1) is 10.1. The van der Waals surface area contributed by atoms with Crippen molar-refractivity contribution in [2.24, 2.45) is 17.6 Å². The Kier molecular flexibility index (Phi) is 3.57. The van der Waals surface area contributed by atoms with Crippen LogP contribution in [0.4, 0.5) is 11.4 Å². The monoisotopic (exact) mass is 287 g/mol. The Morgan fingerprint density at radius 3 is 2.52 bits per heavy atom. The Morgan fingerprint density at radius 1 is 1.29 bits per heavy atom. The molecule has 0 unspecified atom stereocenters. The highest BCUT2D eigenvalue weighted by Gasteiger charge is 2.39. The number of benzene rings is 1. The van der Waals surface area contributed by atoms with Gasteiger partial charge in [0.05, 0.1) is 11.4 Å². The molecule has 1 aromatic carbocycles. The third-order valence-corrected chi connectivity index (χ3v) is 4.43. The van der Waals surface area contributed by atoms with E-state index in [-0.39, 0.29) is 11.8 Å². The summed E-state index contributed by atoms with van der Waals surface area (Å²) in [7, 11) is 0. The second-order valence-electron chi connectivity index (χ2n) is 6.10. The van der Waals surface area contributed by atoms with Crippen molar-refractivity contribution in [3.63, 3.8) is 0 Å². The summed E-state index contributed by atoms with van der Waals surface area (Å²) in [6.45, 7) is 4.04. The second-order valence-corrected chi connectivity index (χ2v) is 6.10. The average molecular weight is 287 g/mol. The fourth-order valence-corrected chi connectivity index (χ4v) is 2.94. The summed E-state index contributed by atoms with van der Waals surface area (Å²) < 4.78 is 0. The van der Waals surface area contributed by atoms with Crippen LogP contribution < -0.4 is 16.0 Å². The number of hydrogen-bond donors (Lipinski definition) is 2. The predicted octanol–water partition coefficient (Wildman–Crippen LogP) is 1.98. The lowest BCUT2D eigenvalue weighted by atomic mass is 10.1. The zero-order valence-corrected chi connectivity index (χ0v) is 12.3. The van der Waals surface area contributed by atoms with Crippen molar-refractivity contribution in [3.05, 3.63) is 23.8 Å². The van der Waals surface area contributed by atoms with Crippen LogP contribution in [0.1, 0.15) is 36.5 Å². The van der Waals surface area contributed by atoms with Crippen LogP contribution in [0.3, 0.4) is 0 Å². The van der Waals surface area contributed by atoms with Crippen molar-refractivity contribution in [1.29, 1.82) is 0 Å². The maximum atomic E-state index is 12.2. The first kappa shape index (κ1) is 13.9. The number of carbonyl (C=O) groups is 2. The molecule has 2 amide bonds. The summed E-state index contributed by atoms with van der Waals surface area (Å²) in [6, 6.07) is 5.31. The van der Waals surface area contributed by atoms with Gasteiger partial charge in [-0.3, -0.25) is 9.59 Å². The molecule has 0 spiro atoms. The molecule has 1 saturated carbocycles. The van der Waals surface area contributed by atoms with E-state index in [1.54, 1.807) is 12.1 Å². The van der Waals surface area contributed by atoms with E-state index in [1.165, 1.54) is 0 Å². The van der Waals surface area contributed by atoms with Gasteiger partial charge in [-0.2, -0.15) is 0 Å². The molecule has 112 valence electrons.